The number of hydrogen-bond donors (Lipinski definition) is 3. The number of pyridine rings is 1. The highest BCUT2D eigenvalue weighted by molar-refractivity contribution is 6.03. The van der Waals surface area contributed by atoms with Gasteiger partial charge >= 0.3 is 5.97 Å². The molecule has 190 valence electrons. The van der Waals surface area contributed by atoms with E-state index in [9.17, 15) is 14.0 Å². The summed E-state index contributed by atoms with van der Waals surface area (Å²) in [6.45, 7) is 0. The second-order valence-corrected chi connectivity index (χ2v) is 9.53. The lowest BCUT2D eigenvalue weighted by Gasteiger charge is -2.29. The molecular weight excluding hydrogens is 465 g/mol. The number of carbonyl (C=O) groups is 2. The van der Waals surface area contributed by atoms with E-state index in [1.807, 2.05) is 6.07 Å². The van der Waals surface area contributed by atoms with Crippen LogP contribution in [0.2, 0.25) is 0 Å². The smallest absolute Gasteiger partial charge is 0.305 e. The van der Waals surface area contributed by atoms with Gasteiger partial charge in [-0.1, -0.05) is 0 Å². The first-order valence-corrected chi connectivity index (χ1v) is 12.4. The summed E-state index contributed by atoms with van der Waals surface area (Å²) in [6, 6.07) is 3.96. The molecule has 0 spiro atoms. The highest BCUT2D eigenvalue weighted by Crippen LogP contribution is 2.32. The van der Waals surface area contributed by atoms with Crippen molar-refractivity contribution in [3.8, 4) is 0 Å². The molecule has 0 bridgehead atoms. The maximum absolute atomic E-state index is 14.0. The molecule has 0 saturated heterocycles. The molecule has 2 aliphatic carbocycles. The third kappa shape index (κ3) is 5.55. The van der Waals surface area contributed by atoms with Crippen molar-refractivity contribution in [3.05, 3.63) is 42.2 Å². The zero-order valence-corrected chi connectivity index (χ0v) is 20.2. The van der Waals surface area contributed by atoms with Crippen LogP contribution in [0.15, 0.2) is 30.7 Å². The summed E-state index contributed by atoms with van der Waals surface area (Å²) in [6.07, 6.45) is 11.4. The zero-order chi connectivity index (χ0) is 25.1. The number of esters is 1. The van der Waals surface area contributed by atoms with Gasteiger partial charge in [-0.2, -0.15) is 0 Å². The number of ether oxygens (including phenoxy) is 1. The number of methoxy groups -OCH3 is 1. The molecule has 0 aromatic carbocycles. The molecule has 0 aliphatic heterocycles. The summed E-state index contributed by atoms with van der Waals surface area (Å²) >= 11 is 0. The number of anilines is 3. The van der Waals surface area contributed by atoms with Gasteiger partial charge in [-0.25, -0.2) is 13.9 Å². The average molecular weight is 496 g/mol. The van der Waals surface area contributed by atoms with E-state index in [4.69, 9.17) is 4.74 Å². The van der Waals surface area contributed by atoms with Crippen molar-refractivity contribution >= 4 is 34.7 Å². The first-order chi connectivity index (χ1) is 17.5. The van der Waals surface area contributed by atoms with Crippen molar-refractivity contribution in [3.63, 3.8) is 0 Å². The van der Waals surface area contributed by atoms with E-state index in [-0.39, 0.29) is 23.4 Å². The first kappa shape index (κ1) is 24.0. The van der Waals surface area contributed by atoms with Crippen LogP contribution in [0.3, 0.4) is 0 Å². The third-order valence-electron chi connectivity index (χ3n) is 6.84. The van der Waals surface area contributed by atoms with Gasteiger partial charge in [0.25, 0.3) is 5.91 Å². The summed E-state index contributed by atoms with van der Waals surface area (Å²) in [4.78, 5) is 32.6. The lowest BCUT2D eigenvalue weighted by molar-refractivity contribution is -0.141. The van der Waals surface area contributed by atoms with Crippen LogP contribution in [0.5, 0.6) is 0 Å². The van der Waals surface area contributed by atoms with E-state index >= 15 is 0 Å². The molecule has 3 heterocycles. The van der Waals surface area contributed by atoms with Gasteiger partial charge in [-0.05, 0) is 56.9 Å². The number of aromatic nitrogens is 4. The minimum absolute atomic E-state index is 0.0412. The quantitative estimate of drug-likeness (QED) is 0.381. The molecule has 1 amide bonds. The van der Waals surface area contributed by atoms with Crippen molar-refractivity contribution in [2.75, 3.05) is 23.1 Å². The third-order valence-corrected chi connectivity index (χ3v) is 6.84. The molecule has 2 aliphatic rings. The predicted octanol–water partition coefficient (Wildman–Crippen LogP) is 4.01. The molecule has 5 rings (SSSR count). The van der Waals surface area contributed by atoms with Gasteiger partial charge in [-0.15, -0.1) is 5.10 Å². The number of nitrogens with zero attached hydrogens (tertiary/aromatic N) is 4. The van der Waals surface area contributed by atoms with Gasteiger partial charge in [0.15, 0.2) is 17.2 Å². The standard InChI is InChI=1S/C25H30FN7O3/c1-36-23(34)9-4-15-2-5-17(6-3-15)30-22-12-20(29-16-7-8-16)24-28-14-21(33(24)32-22)25(35)31-19-10-11-27-13-18(19)26/h10-17,29H,2-9H2,1H3,(H,30,32)(H,27,31,35). The molecule has 0 unspecified atom stereocenters. The minimum Gasteiger partial charge on any atom is -0.469 e. The van der Waals surface area contributed by atoms with Crippen molar-refractivity contribution in [2.45, 2.75) is 63.5 Å². The highest BCUT2D eigenvalue weighted by atomic mass is 19.1. The Morgan fingerprint density at radius 1 is 1.08 bits per heavy atom. The number of hydrogen-bond acceptors (Lipinski definition) is 8. The Balaban J connectivity index is 1.32. The van der Waals surface area contributed by atoms with Crippen molar-refractivity contribution in [1.82, 2.24) is 19.6 Å². The van der Waals surface area contributed by atoms with Crippen molar-refractivity contribution in [2.24, 2.45) is 5.92 Å². The molecule has 3 aromatic rings. The number of halogens is 1. The molecule has 3 aromatic heterocycles. The molecule has 0 radical (unpaired) electrons. The normalized spacial score (nSPS) is 19.6. The second kappa shape index (κ2) is 10.5. The van der Waals surface area contributed by atoms with Gasteiger partial charge < -0.3 is 20.7 Å². The summed E-state index contributed by atoms with van der Waals surface area (Å²) in [5, 5.41) is 14.3. The fraction of sp³-hybridized carbons (Fsp3) is 0.480. The SMILES string of the molecule is COC(=O)CCC1CCC(Nc2cc(NC3CC3)c3ncc(C(=O)Nc4ccncc4F)n3n2)CC1. The Morgan fingerprint density at radius 3 is 2.56 bits per heavy atom. The fourth-order valence-corrected chi connectivity index (χ4v) is 4.64. The van der Waals surface area contributed by atoms with Crippen LogP contribution in [-0.4, -0.2) is 50.7 Å². The first-order valence-electron chi connectivity index (χ1n) is 12.4. The topological polar surface area (TPSA) is 123 Å². The fourth-order valence-electron chi connectivity index (χ4n) is 4.64. The van der Waals surface area contributed by atoms with Crippen LogP contribution in [0.4, 0.5) is 21.6 Å². The Morgan fingerprint density at radius 2 is 1.83 bits per heavy atom. The van der Waals surface area contributed by atoms with Gasteiger partial charge in [-0.3, -0.25) is 14.6 Å². The average Bonchev–Trinajstić information content (AvgIpc) is 3.59. The molecule has 10 nitrogen and oxygen atoms in total. The molecular formula is C25H30FN7O3. The molecule has 11 heteroatoms. The number of rotatable bonds is 9. The van der Waals surface area contributed by atoms with E-state index in [1.54, 1.807) is 0 Å². The van der Waals surface area contributed by atoms with Gasteiger partial charge in [0.1, 0.15) is 5.82 Å². The largest absolute Gasteiger partial charge is 0.469 e. The van der Waals surface area contributed by atoms with Crippen LogP contribution < -0.4 is 16.0 Å². The monoisotopic (exact) mass is 495 g/mol. The van der Waals surface area contributed by atoms with Crippen LogP contribution >= 0.6 is 0 Å². The predicted molar refractivity (Wildman–Crippen MR) is 132 cm³/mol. The summed E-state index contributed by atoms with van der Waals surface area (Å²) < 4.78 is 20.3. The Labute approximate surface area is 208 Å². The Bertz CT molecular complexity index is 1250. The summed E-state index contributed by atoms with van der Waals surface area (Å²) in [5.74, 6) is -0.127. The van der Waals surface area contributed by atoms with E-state index in [1.165, 1.54) is 30.1 Å². The van der Waals surface area contributed by atoms with E-state index in [0.29, 0.717) is 29.8 Å². The van der Waals surface area contributed by atoms with Crippen LogP contribution in [0.25, 0.3) is 5.65 Å². The molecule has 36 heavy (non-hydrogen) atoms. The van der Waals surface area contributed by atoms with Crippen LogP contribution in [0.1, 0.15) is 61.9 Å². The van der Waals surface area contributed by atoms with E-state index < -0.39 is 11.7 Å². The minimum atomic E-state index is -0.617. The van der Waals surface area contributed by atoms with Gasteiger partial charge in [0.05, 0.1) is 30.9 Å². The van der Waals surface area contributed by atoms with Crippen molar-refractivity contribution in [1.29, 1.82) is 0 Å². The van der Waals surface area contributed by atoms with Gasteiger partial charge in [0, 0.05) is 30.8 Å². The Hall–Kier alpha value is -3.76. The number of fused-ring (bicyclic) bond motifs is 1. The number of nitrogens with one attached hydrogen (secondary N) is 3. The van der Waals surface area contributed by atoms with E-state index in [2.05, 4.69) is 31.0 Å². The molecule has 2 saturated carbocycles. The maximum Gasteiger partial charge on any atom is 0.305 e. The summed E-state index contributed by atoms with van der Waals surface area (Å²) in [7, 11) is 1.42. The molecule has 0 atom stereocenters. The number of carbonyl (C=O) groups excluding carboxylic acids is 2. The number of amides is 1. The second-order valence-electron chi connectivity index (χ2n) is 9.53. The maximum atomic E-state index is 14.0. The lowest BCUT2D eigenvalue weighted by atomic mass is 9.83. The van der Waals surface area contributed by atoms with Crippen molar-refractivity contribution < 1.29 is 18.7 Å². The zero-order valence-electron chi connectivity index (χ0n) is 20.2. The number of imidazole rings is 1. The highest BCUT2D eigenvalue weighted by Gasteiger charge is 2.26. The van der Waals surface area contributed by atoms with E-state index in [0.717, 1.165) is 56.8 Å². The van der Waals surface area contributed by atoms with Crippen LogP contribution in [0, 0.1) is 11.7 Å². The Kier molecular flexibility index (Phi) is 6.97. The molecule has 3 N–H and O–H groups in total. The molecule has 2 fully saturated rings. The summed E-state index contributed by atoms with van der Waals surface area (Å²) in [5.41, 5.74) is 1.59. The lowest BCUT2D eigenvalue weighted by Crippen LogP contribution is -2.27. The van der Waals surface area contributed by atoms with Crippen LogP contribution in [-0.2, 0) is 9.53 Å². The van der Waals surface area contributed by atoms with Gasteiger partial charge in [0.2, 0.25) is 0 Å².